The van der Waals surface area contributed by atoms with Crippen molar-refractivity contribution in [3.05, 3.63) is 0 Å². The topological polar surface area (TPSA) is 66.4 Å². The van der Waals surface area contributed by atoms with Crippen LogP contribution in [0.4, 0.5) is 0 Å². The second-order valence-corrected chi connectivity index (χ2v) is 5.94. The van der Waals surface area contributed by atoms with Crippen molar-refractivity contribution in [2.24, 2.45) is 5.41 Å². The minimum absolute atomic E-state index is 0.124. The van der Waals surface area contributed by atoms with Crippen LogP contribution in [0, 0.1) is 5.41 Å². The largest absolute Gasteiger partial charge is 0.481 e. The Balaban J connectivity index is 1.96. The molecule has 1 saturated carbocycles. The first-order valence-corrected chi connectivity index (χ1v) is 7.55. The molecule has 1 aliphatic carbocycles. The second kappa shape index (κ2) is 8.18. The fourth-order valence-corrected chi connectivity index (χ4v) is 2.73. The van der Waals surface area contributed by atoms with Gasteiger partial charge in [-0.1, -0.05) is 39.0 Å². The number of hydrogen-bond acceptors (Lipinski definition) is 2. The van der Waals surface area contributed by atoms with Crippen LogP contribution in [-0.2, 0) is 9.59 Å². The van der Waals surface area contributed by atoms with Gasteiger partial charge in [0, 0.05) is 18.4 Å². The van der Waals surface area contributed by atoms with Gasteiger partial charge in [0.1, 0.15) is 0 Å². The molecule has 0 unspecified atom stereocenters. The van der Waals surface area contributed by atoms with Crippen molar-refractivity contribution in [2.45, 2.75) is 71.1 Å². The quantitative estimate of drug-likeness (QED) is 0.632. The molecule has 1 fully saturated rings. The van der Waals surface area contributed by atoms with Gasteiger partial charge in [-0.25, -0.2) is 0 Å². The molecule has 1 aliphatic rings. The fraction of sp³-hybridized carbons (Fsp3) is 0.867. The lowest BCUT2D eigenvalue weighted by Crippen LogP contribution is -2.37. The molecule has 2 N–H and O–H groups in total. The number of hydrogen-bond donors (Lipinski definition) is 2. The highest BCUT2D eigenvalue weighted by molar-refractivity contribution is 5.82. The van der Waals surface area contributed by atoms with Gasteiger partial charge in [-0.05, 0) is 25.7 Å². The number of carboxylic acids is 1. The molecular formula is C15H27NO3. The lowest BCUT2D eigenvalue weighted by molar-refractivity contribution is -0.137. The Morgan fingerprint density at radius 2 is 1.63 bits per heavy atom. The highest BCUT2D eigenvalue weighted by Gasteiger charge is 2.35. The van der Waals surface area contributed by atoms with Crippen LogP contribution in [0.3, 0.4) is 0 Å². The average Bonchev–Trinajstić information content (AvgIpc) is 2.80. The van der Waals surface area contributed by atoms with Gasteiger partial charge in [-0.2, -0.15) is 0 Å². The summed E-state index contributed by atoms with van der Waals surface area (Å²) in [5.41, 5.74) is -0.124. The molecule has 0 aromatic rings. The average molecular weight is 269 g/mol. The summed E-state index contributed by atoms with van der Waals surface area (Å²) in [5.74, 6) is -0.493. The Hall–Kier alpha value is -1.06. The van der Waals surface area contributed by atoms with Gasteiger partial charge in [0.05, 0.1) is 0 Å². The molecule has 0 heterocycles. The number of carbonyl (C=O) groups is 2. The summed E-state index contributed by atoms with van der Waals surface area (Å²) in [6, 6.07) is 0. The number of aliphatic carboxylic acids is 1. The van der Waals surface area contributed by atoms with E-state index in [0.717, 1.165) is 51.5 Å². The summed E-state index contributed by atoms with van der Waals surface area (Å²) in [7, 11) is 0. The van der Waals surface area contributed by atoms with Crippen molar-refractivity contribution < 1.29 is 14.7 Å². The maximum atomic E-state index is 12.0. The van der Waals surface area contributed by atoms with Gasteiger partial charge in [-0.3, -0.25) is 9.59 Å². The van der Waals surface area contributed by atoms with Gasteiger partial charge in [0.15, 0.2) is 0 Å². The van der Waals surface area contributed by atoms with Crippen LogP contribution in [0.5, 0.6) is 0 Å². The van der Waals surface area contributed by atoms with Crippen LogP contribution in [0.2, 0.25) is 0 Å². The summed E-state index contributed by atoms with van der Waals surface area (Å²) in [6.07, 6.45) is 9.52. The number of carbonyl (C=O) groups excluding carboxylic acids is 1. The highest BCUT2D eigenvalue weighted by Crippen LogP contribution is 2.37. The Kier molecular flexibility index (Phi) is 6.89. The van der Waals surface area contributed by atoms with Crippen molar-refractivity contribution >= 4 is 11.9 Å². The first-order chi connectivity index (χ1) is 9.04. The van der Waals surface area contributed by atoms with E-state index in [1.807, 2.05) is 0 Å². The van der Waals surface area contributed by atoms with E-state index >= 15 is 0 Å². The molecule has 0 aromatic carbocycles. The maximum absolute atomic E-state index is 12.0. The van der Waals surface area contributed by atoms with E-state index in [-0.39, 0.29) is 17.7 Å². The van der Waals surface area contributed by atoms with Gasteiger partial charge < -0.3 is 10.4 Å². The number of unbranched alkanes of at least 4 members (excludes halogenated alkanes) is 4. The molecule has 4 heteroatoms. The highest BCUT2D eigenvalue weighted by atomic mass is 16.4. The van der Waals surface area contributed by atoms with Crippen LogP contribution in [-0.4, -0.2) is 23.5 Å². The molecule has 0 aliphatic heterocycles. The molecule has 0 spiro atoms. The van der Waals surface area contributed by atoms with Crippen LogP contribution < -0.4 is 5.32 Å². The normalized spacial score (nSPS) is 17.3. The molecule has 110 valence electrons. The standard InChI is InChI=1S/C15H27NO3/c1-15(10-6-7-11-15)14(19)16-12-8-4-2-3-5-9-13(17)18/h2-12H2,1H3,(H,16,19)(H,17,18). The molecule has 1 amide bonds. The molecule has 19 heavy (non-hydrogen) atoms. The Bertz CT molecular complexity index is 296. The Labute approximate surface area is 116 Å². The van der Waals surface area contributed by atoms with Crippen LogP contribution in [0.1, 0.15) is 71.1 Å². The van der Waals surface area contributed by atoms with E-state index in [4.69, 9.17) is 5.11 Å². The molecular weight excluding hydrogens is 242 g/mol. The van der Waals surface area contributed by atoms with Gasteiger partial charge in [-0.15, -0.1) is 0 Å². The molecule has 0 radical (unpaired) electrons. The third-order valence-electron chi connectivity index (χ3n) is 4.11. The van der Waals surface area contributed by atoms with Gasteiger partial charge >= 0.3 is 5.97 Å². The van der Waals surface area contributed by atoms with E-state index in [1.54, 1.807) is 0 Å². The number of rotatable bonds is 9. The van der Waals surface area contributed by atoms with Gasteiger partial charge in [0.2, 0.25) is 5.91 Å². The number of amides is 1. The van der Waals surface area contributed by atoms with E-state index in [1.165, 1.54) is 12.8 Å². The van der Waals surface area contributed by atoms with Crippen LogP contribution in [0.25, 0.3) is 0 Å². The molecule has 4 nitrogen and oxygen atoms in total. The van der Waals surface area contributed by atoms with E-state index in [9.17, 15) is 9.59 Å². The summed E-state index contributed by atoms with van der Waals surface area (Å²) in [6.45, 7) is 2.83. The predicted octanol–water partition coefficient (Wildman–Crippen LogP) is 3.11. The van der Waals surface area contributed by atoms with Crippen molar-refractivity contribution in [2.75, 3.05) is 6.54 Å². The molecule has 0 saturated heterocycles. The Morgan fingerprint density at radius 1 is 1.05 bits per heavy atom. The molecule has 0 atom stereocenters. The van der Waals surface area contributed by atoms with E-state index < -0.39 is 5.97 Å². The third kappa shape index (κ3) is 6.08. The monoisotopic (exact) mass is 269 g/mol. The lowest BCUT2D eigenvalue weighted by Gasteiger charge is -2.22. The summed E-state index contributed by atoms with van der Waals surface area (Å²) in [4.78, 5) is 22.3. The zero-order valence-electron chi connectivity index (χ0n) is 12.0. The van der Waals surface area contributed by atoms with Crippen molar-refractivity contribution in [3.63, 3.8) is 0 Å². The van der Waals surface area contributed by atoms with Crippen molar-refractivity contribution in [1.82, 2.24) is 5.32 Å². The second-order valence-electron chi connectivity index (χ2n) is 5.94. The molecule has 0 aromatic heterocycles. The van der Waals surface area contributed by atoms with E-state index in [0.29, 0.717) is 0 Å². The maximum Gasteiger partial charge on any atom is 0.303 e. The van der Waals surface area contributed by atoms with E-state index in [2.05, 4.69) is 12.2 Å². The fourth-order valence-electron chi connectivity index (χ4n) is 2.73. The molecule has 1 rings (SSSR count). The minimum Gasteiger partial charge on any atom is -0.481 e. The third-order valence-corrected chi connectivity index (χ3v) is 4.11. The minimum atomic E-state index is -0.711. The lowest BCUT2D eigenvalue weighted by atomic mass is 9.88. The van der Waals surface area contributed by atoms with Crippen molar-refractivity contribution in [3.8, 4) is 0 Å². The summed E-state index contributed by atoms with van der Waals surface area (Å²) in [5, 5.41) is 11.5. The predicted molar refractivity (Wildman–Crippen MR) is 74.9 cm³/mol. The summed E-state index contributed by atoms with van der Waals surface area (Å²) >= 11 is 0. The van der Waals surface area contributed by atoms with Crippen LogP contribution in [0.15, 0.2) is 0 Å². The number of nitrogens with one attached hydrogen (secondary N) is 1. The zero-order chi connectivity index (χ0) is 14.1. The summed E-state index contributed by atoms with van der Waals surface area (Å²) < 4.78 is 0. The number of carboxylic acid groups (broad SMARTS) is 1. The Morgan fingerprint density at radius 3 is 2.26 bits per heavy atom. The zero-order valence-corrected chi connectivity index (χ0v) is 12.0. The van der Waals surface area contributed by atoms with Gasteiger partial charge in [0.25, 0.3) is 0 Å². The first-order valence-electron chi connectivity index (χ1n) is 7.55. The smallest absolute Gasteiger partial charge is 0.303 e. The molecule has 0 bridgehead atoms. The first kappa shape index (κ1) is 16.0. The van der Waals surface area contributed by atoms with Crippen LogP contribution >= 0.6 is 0 Å². The van der Waals surface area contributed by atoms with Crippen molar-refractivity contribution in [1.29, 1.82) is 0 Å². The SMILES string of the molecule is CC1(C(=O)NCCCCCCCC(=O)O)CCCC1.